The topological polar surface area (TPSA) is 104 Å². The zero-order valence-electron chi connectivity index (χ0n) is 10.1. The molecule has 19 heavy (non-hydrogen) atoms. The predicted octanol–water partition coefficient (Wildman–Crippen LogP) is 0.620. The van der Waals surface area contributed by atoms with Crippen LogP contribution in [0.15, 0.2) is 18.2 Å². The number of aryl methyl sites for hydroxylation is 1. The standard InChI is InChI=1S/C10H12ClN5O2S/c1-19(17,18)5-4-16-10(13-14-15-16)7-2-3-9(12)8(11)6-7/h2-3,6H,4-5,12H2,1H3. The van der Waals surface area contributed by atoms with E-state index >= 15 is 0 Å². The van der Waals surface area contributed by atoms with Crippen molar-refractivity contribution in [2.75, 3.05) is 17.7 Å². The number of nitrogens with two attached hydrogens (primary N) is 1. The van der Waals surface area contributed by atoms with Crippen LogP contribution in [0, 0.1) is 0 Å². The molecule has 2 rings (SSSR count). The van der Waals surface area contributed by atoms with Crippen molar-refractivity contribution in [3.05, 3.63) is 23.2 Å². The molecule has 102 valence electrons. The summed E-state index contributed by atoms with van der Waals surface area (Å²) in [6, 6.07) is 5.01. The number of nitrogens with zero attached hydrogens (tertiary/aromatic N) is 4. The van der Waals surface area contributed by atoms with Gasteiger partial charge in [0.25, 0.3) is 0 Å². The summed E-state index contributed by atoms with van der Waals surface area (Å²) in [5, 5.41) is 11.6. The van der Waals surface area contributed by atoms with Crippen molar-refractivity contribution in [2.24, 2.45) is 0 Å². The number of benzene rings is 1. The van der Waals surface area contributed by atoms with Gasteiger partial charge < -0.3 is 5.73 Å². The summed E-state index contributed by atoms with van der Waals surface area (Å²) in [7, 11) is -3.08. The third kappa shape index (κ3) is 3.42. The van der Waals surface area contributed by atoms with Gasteiger partial charge in [-0.1, -0.05) is 11.6 Å². The molecule has 1 aromatic carbocycles. The first-order chi connectivity index (χ1) is 8.87. The lowest BCUT2D eigenvalue weighted by atomic mass is 10.2. The van der Waals surface area contributed by atoms with Gasteiger partial charge in [-0.2, -0.15) is 0 Å². The van der Waals surface area contributed by atoms with Crippen molar-refractivity contribution in [3.8, 4) is 11.4 Å². The summed E-state index contributed by atoms with van der Waals surface area (Å²) in [6.07, 6.45) is 1.16. The lowest BCUT2D eigenvalue weighted by molar-refractivity contribution is 0.581. The maximum absolute atomic E-state index is 11.2. The lowest BCUT2D eigenvalue weighted by Gasteiger charge is -2.05. The van der Waals surface area contributed by atoms with E-state index in [2.05, 4.69) is 15.5 Å². The molecule has 0 fully saturated rings. The van der Waals surface area contributed by atoms with E-state index in [1.807, 2.05) is 0 Å². The minimum absolute atomic E-state index is 0.0340. The maximum atomic E-state index is 11.2. The van der Waals surface area contributed by atoms with Crippen molar-refractivity contribution >= 4 is 27.1 Å². The zero-order valence-corrected chi connectivity index (χ0v) is 11.7. The second-order valence-corrected chi connectivity index (χ2v) is 6.76. The van der Waals surface area contributed by atoms with E-state index in [1.54, 1.807) is 18.2 Å². The summed E-state index contributed by atoms with van der Waals surface area (Å²) in [5.41, 5.74) is 6.76. The van der Waals surface area contributed by atoms with E-state index in [1.165, 1.54) is 4.68 Å². The first-order valence-electron chi connectivity index (χ1n) is 5.36. The molecule has 0 aliphatic carbocycles. The number of hydrogen-bond donors (Lipinski definition) is 1. The number of aromatic nitrogens is 4. The fourth-order valence-electron chi connectivity index (χ4n) is 1.48. The van der Waals surface area contributed by atoms with Crippen molar-refractivity contribution in [1.82, 2.24) is 20.2 Å². The fraction of sp³-hybridized carbons (Fsp3) is 0.300. The van der Waals surface area contributed by atoms with Crippen LogP contribution in [0.3, 0.4) is 0 Å². The van der Waals surface area contributed by atoms with Gasteiger partial charge in [-0.3, -0.25) is 0 Å². The minimum atomic E-state index is -3.08. The smallest absolute Gasteiger partial charge is 0.182 e. The average Bonchev–Trinajstić information content (AvgIpc) is 2.77. The maximum Gasteiger partial charge on any atom is 0.182 e. The van der Waals surface area contributed by atoms with Crippen molar-refractivity contribution in [2.45, 2.75) is 6.54 Å². The summed E-state index contributed by atoms with van der Waals surface area (Å²) in [6.45, 7) is 0.184. The molecule has 0 saturated heterocycles. The van der Waals surface area contributed by atoms with Crippen LogP contribution in [0.4, 0.5) is 5.69 Å². The first kappa shape index (κ1) is 13.8. The summed E-state index contributed by atoms with van der Waals surface area (Å²) in [5.74, 6) is 0.416. The Morgan fingerprint density at radius 3 is 2.79 bits per heavy atom. The van der Waals surface area contributed by atoms with E-state index in [-0.39, 0.29) is 12.3 Å². The first-order valence-corrected chi connectivity index (χ1v) is 7.80. The van der Waals surface area contributed by atoms with Crippen molar-refractivity contribution < 1.29 is 8.42 Å². The molecule has 0 unspecified atom stereocenters. The van der Waals surface area contributed by atoms with Gasteiger partial charge in [0.15, 0.2) is 5.82 Å². The molecule has 0 spiro atoms. The highest BCUT2D eigenvalue weighted by Crippen LogP contribution is 2.25. The van der Waals surface area contributed by atoms with Crippen LogP contribution in [0.1, 0.15) is 0 Å². The highest BCUT2D eigenvalue weighted by Gasteiger charge is 2.12. The molecular weight excluding hydrogens is 290 g/mol. The third-order valence-electron chi connectivity index (χ3n) is 2.46. The fourth-order valence-corrected chi connectivity index (χ4v) is 2.17. The zero-order chi connectivity index (χ0) is 14.0. The number of rotatable bonds is 4. The molecule has 0 radical (unpaired) electrons. The van der Waals surface area contributed by atoms with E-state index in [0.29, 0.717) is 22.1 Å². The largest absolute Gasteiger partial charge is 0.398 e. The molecule has 0 aliphatic heterocycles. The highest BCUT2D eigenvalue weighted by molar-refractivity contribution is 7.90. The van der Waals surface area contributed by atoms with Crippen LogP contribution in [0.25, 0.3) is 11.4 Å². The van der Waals surface area contributed by atoms with Crippen LogP contribution in [0.5, 0.6) is 0 Å². The number of tetrazole rings is 1. The van der Waals surface area contributed by atoms with E-state index in [0.717, 1.165) is 6.26 Å². The molecule has 9 heteroatoms. The van der Waals surface area contributed by atoms with Crippen LogP contribution in [-0.4, -0.2) is 40.6 Å². The molecular formula is C10H12ClN5O2S. The monoisotopic (exact) mass is 301 g/mol. The number of anilines is 1. The second-order valence-electron chi connectivity index (χ2n) is 4.09. The highest BCUT2D eigenvalue weighted by atomic mass is 35.5. The quantitative estimate of drug-likeness (QED) is 0.830. The number of hydrogen-bond acceptors (Lipinski definition) is 6. The Morgan fingerprint density at radius 1 is 1.42 bits per heavy atom. The van der Waals surface area contributed by atoms with Gasteiger partial charge in [-0.15, -0.1) is 5.10 Å². The van der Waals surface area contributed by atoms with E-state index in [9.17, 15) is 8.42 Å². The molecule has 0 atom stereocenters. The molecule has 1 heterocycles. The molecule has 2 aromatic rings. The van der Waals surface area contributed by atoms with Crippen LogP contribution < -0.4 is 5.73 Å². The normalized spacial score (nSPS) is 11.7. The van der Waals surface area contributed by atoms with E-state index < -0.39 is 9.84 Å². The Hall–Kier alpha value is -1.67. The van der Waals surface area contributed by atoms with Gasteiger partial charge in [0, 0.05) is 11.8 Å². The predicted molar refractivity (Wildman–Crippen MR) is 72.4 cm³/mol. The molecule has 7 nitrogen and oxygen atoms in total. The second kappa shape index (κ2) is 5.14. The molecule has 1 aromatic heterocycles. The molecule has 0 aliphatic rings. The van der Waals surface area contributed by atoms with Gasteiger partial charge in [0.2, 0.25) is 0 Å². The van der Waals surface area contributed by atoms with Gasteiger partial charge in [-0.05, 0) is 28.6 Å². The van der Waals surface area contributed by atoms with Gasteiger partial charge >= 0.3 is 0 Å². The van der Waals surface area contributed by atoms with E-state index in [4.69, 9.17) is 17.3 Å². The number of nitrogen functional groups attached to an aromatic ring is 1. The average molecular weight is 302 g/mol. The van der Waals surface area contributed by atoms with Crippen LogP contribution in [-0.2, 0) is 16.4 Å². The van der Waals surface area contributed by atoms with Gasteiger partial charge in [0.05, 0.1) is 23.0 Å². The van der Waals surface area contributed by atoms with Gasteiger partial charge in [-0.25, -0.2) is 13.1 Å². The Kier molecular flexibility index (Phi) is 3.72. The van der Waals surface area contributed by atoms with Crippen LogP contribution in [0.2, 0.25) is 5.02 Å². The minimum Gasteiger partial charge on any atom is -0.398 e. The molecule has 0 saturated carbocycles. The molecule has 0 amide bonds. The van der Waals surface area contributed by atoms with Crippen molar-refractivity contribution in [3.63, 3.8) is 0 Å². The summed E-state index contributed by atoms with van der Waals surface area (Å²) < 4.78 is 23.7. The Balaban J connectivity index is 2.30. The number of halogens is 1. The van der Waals surface area contributed by atoms with Crippen molar-refractivity contribution in [1.29, 1.82) is 0 Å². The lowest BCUT2D eigenvalue weighted by Crippen LogP contribution is -2.13. The SMILES string of the molecule is CS(=O)(=O)CCn1nnnc1-c1ccc(N)c(Cl)c1. The molecule has 2 N–H and O–H groups in total. The summed E-state index contributed by atoms with van der Waals surface area (Å²) in [4.78, 5) is 0. The van der Waals surface area contributed by atoms with Crippen LogP contribution >= 0.6 is 11.6 Å². The number of sulfone groups is 1. The Labute approximate surface area is 115 Å². The molecule has 0 bridgehead atoms. The Morgan fingerprint density at radius 2 is 2.16 bits per heavy atom. The summed E-state index contributed by atoms with van der Waals surface area (Å²) >= 11 is 5.93. The van der Waals surface area contributed by atoms with Gasteiger partial charge in [0.1, 0.15) is 9.84 Å². The Bertz CT molecular complexity index is 698. The third-order valence-corrected chi connectivity index (χ3v) is 3.72.